The number of aliphatic imine (C=N–C) groups is 1. The van der Waals surface area contributed by atoms with Crippen molar-refractivity contribution in [1.29, 1.82) is 0 Å². The van der Waals surface area contributed by atoms with Gasteiger partial charge in [0.15, 0.2) is 5.96 Å². The molecular weight excluding hydrogens is 960 g/mol. The van der Waals surface area contributed by atoms with Gasteiger partial charge in [0.25, 0.3) is 0 Å². The maximum atomic E-state index is 14.3. The Hall–Kier alpha value is -6.85. The second-order valence-corrected chi connectivity index (χ2v) is 17.3. The van der Waals surface area contributed by atoms with Crippen molar-refractivity contribution in [3.05, 3.63) is 47.4 Å². The molecule has 0 saturated carbocycles. The number of carbonyl (C=O) groups excluding carboxylic acids is 8. The smallest absolute Gasteiger partial charge is 0.352 e. The fraction of sp³-hybridized carbons (Fsp3) is 0.600. The van der Waals surface area contributed by atoms with Crippen molar-refractivity contribution in [2.75, 3.05) is 45.8 Å². The van der Waals surface area contributed by atoms with Crippen LogP contribution < -0.4 is 77.4 Å². The molecule has 408 valence electrons. The molecule has 2 unspecified atom stereocenters. The maximum Gasteiger partial charge on any atom is 0.352 e. The molecule has 8 amide bonds. The van der Waals surface area contributed by atoms with E-state index in [1.807, 2.05) is 0 Å². The number of hydrogen-bond donors (Lipinski definition) is 16. The number of guanidine groups is 1. The van der Waals surface area contributed by atoms with Crippen LogP contribution in [0.1, 0.15) is 76.7 Å². The van der Waals surface area contributed by atoms with Crippen molar-refractivity contribution in [2.45, 2.75) is 126 Å². The predicted octanol–water partition coefficient (Wildman–Crippen LogP) is -6.08. The zero-order chi connectivity index (χ0) is 54.6. The van der Waals surface area contributed by atoms with Crippen LogP contribution in [0.3, 0.4) is 0 Å². The first-order chi connectivity index (χ1) is 34.7. The number of rotatable bonds is 34. The van der Waals surface area contributed by atoms with Gasteiger partial charge in [-0.15, -0.1) is 0 Å². The second kappa shape index (κ2) is 33.0. The summed E-state index contributed by atoms with van der Waals surface area (Å²) in [6, 6.07) is -3.86. The third kappa shape index (κ3) is 22.2. The van der Waals surface area contributed by atoms with E-state index in [9.17, 15) is 57.8 Å². The standard InChI is InChI=1S/C45H75FN16O11/c1-25(56-42(70)36(34(63)23-50)61-38(66)28(51)11-2-4-16-47)37(65)55-24-35(64)57-30(13-7-18-49)43(71)62-20-15-33(62)41(69)60-32(22-26-9-6-10-27(46)21-26)40(68)58-29(12-3-5-17-48)39(67)59-31(44(72)73)14-8-19-54-45(52)53/h6,9-10,14,21,25,28-30,32-34,36,63H,2-5,7-8,11-13,15-20,22-24,47-51H2,1H3,(H,55,65)(H,56,70)(H,57,64)(H,58,68)(H,59,67)(H,60,69)(H,61,66)(H,72,73)(H4,52,53,54)/b31-14-/t25-,28?,29-,30+,32?,33-,34-,36-/m0/s1. The van der Waals surface area contributed by atoms with Crippen LogP contribution in [0.2, 0.25) is 0 Å². The lowest BCUT2D eigenvalue weighted by Crippen LogP contribution is -2.64. The first-order valence-corrected chi connectivity index (χ1v) is 24.0. The van der Waals surface area contributed by atoms with Crippen molar-refractivity contribution in [3.63, 3.8) is 0 Å². The Morgan fingerprint density at radius 3 is 2.04 bits per heavy atom. The first-order valence-electron chi connectivity index (χ1n) is 24.0. The SMILES string of the molecule is C[C@H](NC(=O)[C@@H](NC(=O)C(N)CCCCN)[C@@H](O)CN)C(=O)NCC(=O)N[C@H](CCCN)C(=O)N1CC[C@H]1C(=O)NC(Cc1cccc(F)c1)C(=O)N[C@@H](CCCCN)C(=O)N/C(=C\CCN=C(N)N)C(=O)O. The fourth-order valence-corrected chi connectivity index (χ4v) is 7.24. The van der Waals surface area contributed by atoms with Gasteiger partial charge in [-0.1, -0.05) is 24.6 Å². The quantitative estimate of drug-likeness (QED) is 0.0132. The molecule has 0 spiro atoms. The van der Waals surface area contributed by atoms with Crippen molar-refractivity contribution in [1.82, 2.24) is 42.1 Å². The molecule has 1 saturated heterocycles. The second-order valence-electron chi connectivity index (χ2n) is 17.3. The average molecular weight is 1040 g/mol. The average Bonchev–Trinajstić information content (AvgIpc) is 3.32. The molecule has 1 fully saturated rings. The van der Waals surface area contributed by atoms with Gasteiger partial charge in [0.2, 0.25) is 47.3 Å². The number of likely N-dealkylation sites (tertiary alicyclic amines) is 1. The zero-order valence-electron chi connectivity index (χ0n) is 41.1. The Bertz CT molecular complexity index is 2100. The molecule has 0 aromatic heterocycles. The van der Waals surface area contributed by atoms with Gasteiger partial charge in [0, 0.05) is 26.1 Å². The molecule has 73 heavy (non-hydrogen) atoms. The number of carboxylic acids is 1. The highest BCUT2D eigenvalue weighted by molar-refractivity contribution is 5.99. The predicted molar refractivity (Wildman–Crippen MR) is 265 cm³/mol. The molecule has 28 heteroatoms. The van der Waals surface area contributed by atoms with Crippen LogP contribution in [0.25, 0.3) is 0 Å². The number of nitrogens with two attached hydrogens (primary N) is 7. The minimum atomic E-state index is -1.57. The summed E-state index contributed by atoms with van der Waals surface area (Å²) < 4.78 is 14.3. The molecule has 0 aliphatic carbocycles. The molecule has 0 bridgehead atoms. The number of hydrogen-bond acceptors (Lipinski definition) is 16. The Morgan fingerprint density at radius 2 is 1.45 bits per heavy atom. The topological polar surface area (TPSA) is 476 Å². The Balaban J connectivity index is 2.21. The lowest BCUT2D eigenvalue weighted by molar-refractivity contribution is -0.150. The van der Waals surface area contributed by atoms with Crippen LogP contribution in [0, 0.1) is 5.82 Å². The number of aliphatic hydroxyl groups excluding tert-OH is 1. The number of nitrogens with zero attached hydrogens (tertiary/aromatic N) is 2. The summed E-state index contributed by atoms with van der Waals surface area (Å²) >= 11 is 0. The third-order valence-electron chi connectivity index (χ3n) is 11.4. The molecule has 1 aliphatic rings. The van der Waals surface area contributed by atoms with Crippen LogP contribution in [0.5, 0.6) is 0 Å². The molecule has 23 N–H and O–H groups in total. The summed E-state index contributed by atoms with van der Waals surface area (Å²) in [5, 5.41) is 37.2. The highest BCUT2D eigenvalue weighted by atomic mass is 19.1. The Kier molecular flexibility index (Phi) is 28.1. The number of carboxylic acid groups (broad SMARTS) is 1. The van der Waals surface area contributed by atoms with Gasteiger partial charge in [-0.2, -0.15) is 0 Å². The minimum Gasteiger partial charge on any atom is -0.477 e. The van der Waals surface area contributed by atoms with E-state index in [1.165, 1.54) is 36.1 Å². The van der Waals surface area contributed by atoms with Crippen molar-refractivity contribution < 1.29 is 57.8 Å². The van der Waals surface area contributed by atoms with E-state index >= 15 is 0 Å². The highest BCUT2D eigenvalue weighted by Crippen LogP contribution is 2.21. The number of carbonyl (C=O) groups is 9. The van der Waals surface area contributed by atoms with E-state index in [0.29, 0.717) is 32.2 Å². The summed E-state index contributed by atoms with van der Waals surface area (Å²) in [5.74, 6) is -8.99. The van der Waals surface area contributed by atoms with E-state index < -0.39 is 126 Å². The molecule has 2 rings (SSSR count). The van der Waals surface area contributed by atoms with Gasteiger partial charge in [0.1, 0.15) is 47.8 Å². The number of aliphatic carboxylic acids is 1. The summed E-state index contributed by atoms with van der Waals surface area (Å²) in [7, 11) is 0. The van der Waals surface area contributed by atoms with Crippen LogP contribution in [-0.2, 0) is 49.6 Å². The van der Waals surface area contributed by atoms with Gasteiger partial charge in [-0.05, 0) is 102 Å². The van der Waals surface area contributed by atoms with Crippen LogP contribution >= 0.6 is 0 Å². The molecule has 8 atom stereocenters. The lowest BCUT2D eigenvalue weighted by Gasteiger charge is -2.42. The van der Waals surface area contributed by atoms with Crippen molar-refractivity contribution in [2.24, 2.45) is 45.1 Å². The van der Waals surface area contributed by atoms with Gasteiger partial charge in [-0.25, -0.2) is 9.18 Å². The number of unbranched alkanes of at least 4 members (excludes halogenated alkanes) is 2. The van der Waals surface area contributed by atoms with Crippen molar-refractivity contribution >= 4 is 59.2 Å². The van der Waals surface area contributed by atoms with E-state index in [4.69, 9.17) is 40.1 Å². The molecule has 1 aromatic rings. The maximum absolute atomic E-state index is 14.3. The number of nitrogens with one attached hydrogen (secondary N) is 7. The molecule has 0 radical (unpaired) electrons. The summed E-state index contributed by atoms with van der Waals surface area (Å²) in [6.07, 6.45) is 1.99. The number of aliphatic hydroxyl groups is 1. The molecule has 1 aliphatic heterocycles. The highest BCUT2D eigenvalue weighted by Gasteiger charge is 2.42. The van der Waals surface area contributed by atoms with Crippen LogP contribution in [0.4, 0.5) is 4.39 Å². The van der Waals surface area contributed by atoms with Crippen LogP contribution in [0.15, 0.2) is 41.0 Å². The monoisotopic (exact) mass is 1030 g/mol. The largest absolute Gasteiger partial charge is 0.477 e. The number of benzene rings is 1. The summed E-state index contributed by atoms with van der Waals surface area (Å²) in [4.78, 5) is 124. The third-order valence-corrected chi connectivity index (χ3v) is 11.4. The van der Waals surface area contributed by atoms with Gasteiger partial charge in [0.05, 0.1) is 18.7 Å². The Labute approximate surface area is 422 Å². The van der Waals surface area contributed by atoms with Crippen LogP contribution in [-0.4, -0.2) is 169 Å². The number of halogens is 1. The van der Waals surface area contributed by atoms with E-state index in [-0.39, 0.29) is 82.6 Å². The molecule has 27 nitrogen and oxygen atoms in total. The number of amides is 8. The van der Waals surface area contributed by atoms with Gasteiger partial charge >= 0.3 is 5.97 Å². The van der Waals surface area contributed by atoms with Gasteiger partial charge < -0.3 is 92.5 Å². The molecule has 1 heterocycles. The van der Waals surface area contributed by atoms with E-state index in [2.05, 4.69) is 42.2 Å². The van der Waals surface area contributed by atoms with Gasteiger partial charge in [-0.3, -0.25) is 43.3 Å². The first kappa shape index (κ1) is 62.3. The normalized spacial score (nSPS) is 16.1. The zero-order valence-corrected chi connectivity index (χ0v) is 41.1. The minimum absolute atomic E-state index is 0.00463. The van der Waals surface area contributed by atoms with Crippen molar-refractivity contribution in [3.8, 4) is 0 Å². The lowest BCUT2D eigenvalue weighted by atomic mass is 9.97. The van der Waals surface area contributed by atoms with E-state index in [0.717, 1.165) is 6.07 Å². The molecular formula is C45H75FN16O11. The summed E-state index contributed by atoms with van der Waals surface area (Å²) in [5.41, 5.74) is 38.7. The Morgan fingerprint density at radius 1 is 0.795 bits per heavy atom. The fourth-order valence-electron chi connectivity index (χ4n) is 7.24. The summed E-state index contributed by atoms with van der Waals surface area (Å²) in [6.45, 7) is 1.03. The molecule has 1 aromatic carbocycles. The van der Waals surface area contributed by atoms with E-state index in [1.54, 1.807) is 0 Å².